The summed E-state index contributed by atoms with van der Waals surface area (Å²) in [4.78, 5) is 10.4. The number of rotatable bonds is 6. The van der Waals surface area contributed by atoms with Crippen LogP contribution in [0.5, 0.6) is 0 Å². The van der Waals surface area contributed by atoms with Gasteiger partial charge in [-0.25, -0.2) is 9.97 Å². The molecule has 0 amide bonds. The van der Waals surface area contributed by atoms with Gasteiger partial charge >= 0.3 is 6.18 Å². The van der Waals surface area contributed by atoms with Gasteiger partial charge in [0.05, 0.1) is 50.4 Å². The third kappa shape index (κ3) is 9.07. The van der Waals surface area contributed by atoms with Crippen molar-refractivity contribution in [1.82, 2.24) is 19.1 Å². The van der Waals surface area contributed by atoms with E-state index in [0.717, 1.165) is 71.7 Å². The van der Waals surface area contributed by atoms with Crippen LogP contribution in [0, 0.1) is 0 Å². The maximum absolute atomic E-state index is 15.6. The lowest BCUT2D eigenvalue weighted by Gasteiger charge is -2.22. The molecule has 3 aromatic heterocycles. The summed E-state index contributed by atoms with van der Waals surface area (Å²) in [5.74, 6) is 0.545. The zero-order valence-electron chi connectivity index (χ0n) is 45.7. The van der Waals surface area contributed by atoms with Crippen molar-refractivity contribution in [3.63, 3.8) is 0 Å². The van der Waals surface area contributed by atoms with Crippen molar-refractivity contribution < 1.29 is 13.2 Å². The number of nitrogens with zero attached hydrogens (tertiary/aromatic N) is 4. The lowest BCUT2D eigenvalue weighted by Crippen LogP contribution is -2.11. The predicted octanol–water partition coefficient (Wildman–Crippen LogP) is 19.5. The summed E-state index contributed by atoms with van der Waals surface area (Å²) in [5.41, 5.74) is 13.4. The van der Waals surface area contributed by atoms with E-state index >= 15 is 13.2 Å². The Kier molecular flexibility index (Phi) is 11.9. The number of aromatic nitrogens is 4. The lowest BCUT2D eigenvalue weighted by molar-refractivity contribution is -0.137. The Balaban J connectivity index is 1.29. The van der Waals surface area contributed by atoms with Crippen molar-refractivity contribution in [3.8, 4) is 56.4 Å². The van der Waals surface area contributed by atoms with Crippen LogP contribution in [-0.2, 0) is 27.8 Å². The van der Waals surface area contributed by atoms with Gasteiger partial charge in [-0.2, -0.15) is 13.2 Å². The minimum absolute atomic E-state index is 0.137. The molecule has 0 fully saturated rings. The summed E-state index contributed by atoms with van der Waals surface area (Å²) >= 11 is 0. The fourth-order valence-corrected chi connectivity index (χ4v) is 10.7. The fourth-order valence-electron chi connectivity index (χ4n) is 10.7. The van der Waals surface area contributed by atoms with Crippen molar-refractivity contribution in [3.05, 3.63) is 204 Å². The average molecular weight is 1010 g/mol. The highest BCUT2D eigenvalue weighted by molar-refractivity contribution is 6.12. The number of halogens is 3. The van der Waals surface area contributed by atoms with Gasteiger partial charge in [-0.1, -0.05) is 174 Å². The van der Waals surface area contributed by atoms with Gasteiger partial charge in [-0.3, -0.25) is 0 Å². The molecule has 7 heteroatoms. The predicted molar refractivity (Wildman–Crippen MR) is 312 cm³/mol. The topological polar surface area (TPSA) is 35.6 Å². The molecule has 0 radical (unpaired) electrons. The number of benzene rings is 8. The van der Waals surface area contributed by atoms with Crippen molar-refractivity contribution in [2.45, 2.75) is 111 Å². The Hall–Kier alpha value is -7.77. The van der Waals surface area contributed by atoms with E-state index in [2.05, 4.69) is 177 Å². The standard InChI is InChI=1S/C69H65F3N4/c1-65(2,3)45-24-30-59-51(36-45)52-37-46(66(4,5)6)25-31-60(52)75(59)58-29-23-44(57-41-56(42-19-15-13-16-20-42)73-64(74-57)43-21-17-14-18-22-43)35-50(58)55-40-49(69(70,71)72)28-34-63(55)76-61-32-26-47(67(7,8)9)38-53(61)54-39-48(68(10,11)12)27-33-62(54)76/h13-41H,1-12H3. The zero-order valence-corrected chi connectivity index (χ0v) is 45.7. The Labute approximate surface area is 444 Å². The Morgan fingerprint density at radius 1 is 0.316 bits per heavy atom. The number of hydrogen-bond acceptors (Lipinski definition) is 2. The Morgan fingerprint density at radius 3 is 1.04 bits per heavy atom. The molecule has 11 aromatic rings. The van der Waals surface area contributed by atoms with Gasteiger partial charge < -0.3 is 9.13 Å². The smallest absolute Gasteiger partial charge is 0.309 e. The van der Waals surface area contributed by atoms with Gasteiger partial charge in [0.1, 0.15) is 0 Å². The molecule has 0 aliphatic heterocycles. The number of fused-ring (bicyclic) bond motifs is 6. The van der Waals surface area contributed by atoms with E-state index < -0.39 is 11.7 Å². The summed E-state index contributed by atoms with van der Waals surface area (Å²) in [6.07, 6.45) is -4.64. The molecule has 0 spiro atoms. The quantitative estimate of drug-likeness (QED) is 0.166. The fraction of sp³-hybridized carbons (Fsp3) is 0.246. The van der Waals surface area contributed by atoms with E-state index in [1.807, 2.05) is 72.8 Å². The largest absolute Gasteiger partial charge is 0.416 e. The van der Waals surface area contributed by atoms with Crippen molar-refractivity contribution in [2.24, 2.45) is 0 Å². The van der Waals surface area contributed by atoms with Crippen LogP contribution in [0.15, 0.2) is 176 Å². The van der Waals surface area contributed by atoms with E-state index in [0.29, 0.717) is 28.3 Å². The maximum atomic E-state index is 15.6. The summed E-state index contributed by atoms with van der Waals surface area (Å²) < 4.78 is 51.1. The van der Waals surface area contributed by atoms with E-state index in [9.17, 15) is 0 Å². The second-order valence-electron chi connectivity index (χ2n) is 24.8. The normalized spacial score (nSPS) is 12.9. The summed E-state index contributed by atoms with van der Waals surface area (Å²) in [6, 6.07) is 58.9. The monoisotopic (exact) mass is 1010 g/mol. The molecule has 3 heterocycles. The summed E-state index contributed by atoms with van der Waals surface area (Å²) in [7, 11) is 0. The molecule has 0 unspecified atom stereocenters. The van der Waals surface area contributed by atoms with Crippen LogP contribution in [0.1, 0.15) is 111 Å². The molecule has 0 N–H and O–H groups in total. The first-order valence-electron chi connectivity index (χ1n) is 26.4. The van der Waals surface area contributed by atoms with E-state index in [1.54, 1.807) is 6.07 Å². The average Bonchev–Trinajstić information content (AvgIpc) is 3.94. The minimum Gasteiger partial charge on any atom is -0.309 e. The molecule has 4 nitrogen and oxygen atoms in total. The third-order valence-corrected chi connectivity index (χ3v) is 15.2. The molecule has 0 atom stereocenters. The molecule has 0 saturated heterocycles. The van der Waals surface area contributed by atoms with Crippen LogP contribution in [-0.4, -0.2) is 19.1 Å². The first-order valence-corrected chi connectivity index (χ1v) is 26.4. The number of alkyl halides is 3. The highest BCUT2D eigenvalue weighted by atomic mass is 19.4. The molecule has 11 rings (SSSR count). The maximum Gasteiger partial charge on any atom is 0.416 e. The second-order valence-corrected chi connectivity index (χ2v) is 24.8. The lowest BCUT2D eigenvalue weighted by atomic mass is 9.85. The van der Waals surface area contributed by atoms with Gasteiger partial charge in [0.2, 0.25) is 0 Å². The molecular weight excluding hydrogens is 942 g/mol. The van der Waals surface area contributed by atoms with E-state index in [4.69, 9.17) is 9.97 Å². The molecule has 0 bridgehead atoms. The van der Waals surface area contributed by atoms with Crippen molar-refractivity contribution in [2.75, 3.05) is 0 Å². The Morgan fingerprint density at radius 2 is 0.658 bits per heavy atom. The van der Waals surface area contributed by atoms with Crippen molar-refractivity contribution in [1.29, 1.82) is 0 Å². The van der Waals surface area contributed by atoms with Crippen LogP contribution < -0.4 is 0 Å². The molecule has 0 aliphatic carbocycles. The highest BCUT2D eigenvalue weighted by Crippen LogP contribution is 2.46. The van der Waals surface area contributed by atoms with Gasteiger partial charge in [0, 0.05) is 49.4 Å². The highest BCUT2D eigenvalue weighted by Gasteiger charge is 2.33. The van der Waals surface area contributed by atoms with Crippen molar-refractivity contribution >= 4 is 43.6 Å². The summed E-state index contributed by atoms with van der Waals surface area (Å²) in [6.45, 7) is 26.6. The molecule has 0 aliphatic rings. The van der Waals surface area contributed by atoms with E-state index in [1.165, 1.54) is 34.4 Å². The Bertz CT molecular complexity index is 3850. The van der Waals surface area contributed by atoms with Crippen LogP contribution in [0.3, 0.4) is 0 Å². The SMILES string of the molecule is CC(C)(C)c1ccc2c(c1)c1cc(C(C)(C)C)ccc1n2-c1ccc(-c2cc(-c3ccccc3)nc(-c3ccccc3)n2)cc1-c1cc(C(F)(F)F)ccc1-n1c2ccc(C(C)(C)C)cc2c2cc(C(C)(C)C)ccc21. The molecule has 76 heavy (non-hydrogen) atoms. The third-order valence-electron chi connectivity index (χ3n) is 15.2. The van der Waals surface area contributed by atoms with Gasteiger partial charge in [-0.15, -0.1) is 0 Å². The van der Waals surface area contributed by atoms with Gasteiger partial charge in [0.25, 0.3) is 0 Å². The van der Waals surface area contributed by atoms with Crippen LogP contribution >= 0.6 is 0 Å². The molecular formula is C69H65F3N4. The molecule has 0 saturated carbocycles. The van der Waals surface area contributed by atoms with Gasteiger partial charge in [0.15, 0.2) is 5.82 Å². The van der Waals surface area contributed by atoms with E-state index in [-0.39, 0.29) is 21.7 Å². The van der Waals surface area contributed by atoms with Crippen LogP contribution in [0.2, 0.25) is 0 Å². The minimum atomic E-state index is -4.64. The first-order chi connectivity index (χ1) is 35.8. The second kappa shape index (κ2) is 17.9. The van der Waals surface area contributed by atoms with Crippen LogP contribution in [0.4, 0.5) is 13.2 Å². The number of hydrogen-bond donors (Lipinski definition) is 0. The first kappa shape index (κ1) is 50.4. The molecule has 382 valence electrons. The zero-order chi connectivity index (χ0) is 53.9. The van der Waals surface area contributed by atoms with Crippen LogP contribution in [0.25, 0.3) is 100 Å². The summed E-state index contributed by atoms with van der Waals surface area (Å²) in [5, 5.41) is 4.25. The molecule has 8 aromatic carbocycles. The van der Waals surface area contributed by atoms with Gasteiger partial charge in [-0.05, 0) is 129 Å².